The molecule has 2 aromatic rings. The molecule has 2 rings (SSSR count). The molecular weight excluding hydrogens is 246 g/mol. The summed E-state index contributed by atoms with van der Waals surface area (Å²) in [4.78, 5) is 4.55. The van der Waals surface area contributed by atoms with Crippen molar-refractivity contribution in [3.05, 3.63) is 28.8 Å². The van der Waals surface area contributed by atoms with Crippen LogP contribution in [0.5, 0.6) is 0 Å². The second-order valence-electron chi connectivity index (χ2n) is 2.97. The van der Waals surface area contributed by atoms with Gasteiger partial charge >= 0.3 is 0 Å². The van der Waals surface area contributed by atoms with Crippen LogP contribution in [-0.4, -0.2) is 10.3 Å². The molecule has 1 heterocycles. The summed E-state index contributed by atoms with van der Waals surface area (Å²) in [6, 6.07) is 6.28. The van der Waals surface area contributed by atoms with E-state index in [4.69, 9.17) is 0 Å². The van der Waals surface area contributed by atoms with Gasteiger partial charge in [-0.05, 0) is 18.6 Å². The first-order valence-electron chi connectivity index (χ1n) is 4.22. The van der Waals surface area contributed by atoms with Crippen LogP contribution in [0.4, 0.5) is 0 Å². The minimum atomic E-state index is 0.992. The summed E-state index contributed by atoms with van der Waals surface area (Å²) >= 11 is 5.24. The molecule has 0 fully saturated rings. The molecule has 1 aromatic heterocycles. The van der Waals surface area contributed by atoms with Crippen molar-refractivity contribution in [2.75, 3.05) is 5.33 Å². The molecule has 0 unspecified atom stereocenters. The summed E-state index contributed by atoms with van der Waals surface area (Å²) in [5.41, 5.74) is 2.47. The van der Waals surface area contributed by atoms with Gasteiger partial charge in [-0.25, -0.2) is 4.98 Å². The van der Waals surface area contributed by atoms with Crippen LogP contribution in [0.1, 0.15) is 10.6 Å². The number of hydrogen-bond acceptors (Lipinski definition) is 2. The van der Waals surface area contributed by atoms with Crippen molar-refractivity contribution in [2.24, 2.45) is 0 Å². The number of nitrogens with zero attached hydrogens (tertiary/aromatic N) is 1. The first-order chi connectivity index (χ1) is 6.31. The average Bonchev–Trinajstić information content (AvgIpc) is 2.49. The van der Waals surface area contributed by atoms with E-state index in [2.05, 4.69) is 46.0 Å². The molecule has 3 heteroatoms. The third-order valence-electron chi connectivity index (χ3n) is 1.96. The zero-order chi connectivity index (χ0) is 9.26. The van der Waals surface area contributed by atoms with E-state index in [1.165, 1.54) is 15.3 Å². The predicted molar refractivity (Wildman–Crippen MR) is 61.9 cm³/mol. The highest BCUT2D eigenvalue weighted by molar-refractivity contribution is 9.09. The summed E-state index contributed by atoms with van der Waals surface area (Å²) in [6.45, 7) is 2.14. The van der Waals surface area contributed by atoms with Crippen LogP contribution in [0.15, 0.2) is 18.2 Å². The van der Waals surface area contributed by atoms with Crippen molar-refractivity contribution >= 4 is 37.5 Å². The Morgan fingerprint density at radius 3 is 3.00 bits per heavy atom. The molecule has 0 radical (unpaired) electrons. The highest BCUT2D eigenvalue weighted by Gasteiger charge is 2.04. The number of rotatable bonds is 2. The number of thiazole rings is 1. The molecule has 0 aliphatic carbocycles. The third kappa shape index (κ3) is 1.76. The maximum atomic E-state index is 4.55. The van der Waals surface area contributed by atoms with Gasteiger partial charge in [0.2, 0.25) is 0 Å². The van der Waals surface area contributed by atoms with Crippen molar-refractivity contribution < 1.29 is 0 Å². The van der Waals surface area contributed by atoms with Gasteiger partial charge in [-0.1, -0.05) is 28.1 Å². The van der Waals surface area contributed by atoms with Crippen molar-refractivity contribution in [3.8, 4) is 0 Å². The van der Waals surface area contributed by atoms with Gasteiger partial charge in [-0.15, -0.1) is 11.3 Å². The Kier molecular flexibility index (Phi) is 2.65. The molecule has 0 aliphatic heterocycles. The third-order valence-corrected chi connectivity index (χ3v) is 3.63. The van der Waals surface area contributed by atoms with Crippen LogP contribution in [0.25, 0.3) is 10.2 Å². The predicted octanol–water partition coefficient (Wildman–Crippen LogP) is 3.54. The summed E-state index contributed by atoms with van der Waals surface area (Å²) in [5.74, 6) is 0. The highest BCUT2D eigenvalue weighted by atomic mass is 79.9. The van der Waals surface area contributed by atoms with Gasteiger partial charge in [0.25, 0.3) is 0 Å². The molecule has 68 valence electrons. The maximum absolute atomic E-state index is 4.55. The average molecular weight is 256 g/mol. The highest BCUT2D eigenvalue weighted by Crippen LogP contribution is 2.25. The van der Waals surface area contributed by atoms with E-state index in [1.54, 1.807) is 0 Å². The Labute approximate surface area is 89.9 Å². The SMILES string of the molecule is Cc1cccc2nc(CCBr)sc12. The molecule has 1 aromatic carbocycles. The normalized spacial score (nSPS) is 10.9. The van der Waals surface area contributed by atoms with Crippen LogP contribution in [0.3, 0.4) is 0 Å². The number of benzene rings is 1. The van der Waals surface area contributed by atoms with Crippen molar-refractivity contribution in [3.63, 3.8) is 0 Å². The number of alkyl halides is 1. The van der Waals surface area contributed by atoms with Crippen LogP contribution in [0, 0.1) is 6.92 Å². The monoisotopic (exact) mass is 255 g/mol. The second-order valence-corrected chi connectivity index (χ2v) is 4.85. The van der Waals surface area contributed by atoms with E-state index < -0.39 is 0 Å². The number of halogens is 1. The number of aromatic nitrogens is 1. The van der Waals surface area contributed by atoms with Crippen LogP contribution in [0.2, 0.25) is 0 Å². The van der Waals surface area contributed by atoms with Gasteiger partial charge in [0, 0.05) is 11.8 Å². The molecule has 0 bridgehead atoms. The summed E-state index contributed by atoms with van der Waals surface area (Å²) in [6.07, 6.45) is 1.03. The Morgan fingerprint density at radius 2 is 2.31 bits per heavy atom. The Bertz CT molecular complexity index is 422. The fourth-order valence-corrected chi connectivity index (χ4v) is 2.99. The van der Waals surface area contributed by atoms with Gasteiger partial charge in [0.05, 0.1) is 15.2 Å². The molecule has 0 amide bonds. The molecule has 0 atom stereocenters. The topological polar surface area (TPSA) is 12.9 Å². The van der Waals surface area contributed by atoms with E-state index in [9.17, 15) is 0 Å². The lowest BCUT2D eigenvalue weighted by atomic mass is 10.2. The van der Waals surface area contributed by atoms with Gasteiger partial charge < -0.3 is 0 Å². The lowest BCUT2D eigenvalue weighted by molar-refractivity contribution is 1.13. The first kappa shape index (κ1) is 9.16. The number of aryl methyl sites for hydroxylation is 2. The van der Waals surface area contributed by atoms with Crippen molar-refractivity contribution in [1.29, 1.82) is 0 Å². The summed E-state index contributed by atoms with van der Waals surface area (Å²) < 4.78 is 1.33. The standard InChI is InChI=1S/C10H10BrNS/c1-7-3-2-4-8-10(7)13-9(12-8)5-6-11/h2-4H,5-6H2,1H3. The molecule has 0 saturated heterocycles. The van der Waals surface area contributed by atoms with Gasteiger partial charge in [-0.3, -0.25) is 0 Å². The van der Waals surface area contributed by atoms with Gasteiger partial charge in [0.1, 0.15) is 0 Å². The van der Waals surface area contributed by atoms with Crippen molar-refractivity contribution in [1.82, 2.24) is 4.98 Å². The fourth-order valence-electron chi connectivity index (χ4n) is 1.32. The zero-order valence-corrected chi connectivity index (χ0v) is 9.78. The van der Waals surface area contributed by atoms with Crippen LogP contribution < -0.4 is 0 Å². The Hall–Kier alpha value is -0.410. The first-order valence-corrected chi connectivity index (χ1v) is 6.16. The maximum Gasteiger partial charge on any atom is 0.0947 e. The Morgan fingerprint density at radius 1 is 1.46 bits per heavy atom. The molecule has 0 N–H and O–H groups in total. The lowest BCUT2D eigenvalue weighted by Crippen LogP contribution is -1.81. The van der Waals surface area contributed by atoms with E-state index in [0.29, 0.717) is 0 Å². The minimum Gasteiger partial charge on any atom is -0.241 e. The summed E-state index contributed by atoms with van der Waals surface area (Å²) in [5, 5.41) is 2.22. The van der Waals surface area contributed by atoms with E-state index in [-0.39, 0.29) is 0 Å². The van der Waals surface area contributed by atoms with E-state index in [1.807, 2.05) is 11.3 Å². The van der Waals surface area contributed by atoms with E-state index >= 15 is 0 Å². The largest absolute Gasteiger partial charge is 0.241 e. The second kappa shape index (κ2) is 3.76. The van der Waals surface area contributed by atoms with E-state index in [0.717, 1.165) is 17.3 Å². The smallest absolute Gasteiger partial charge is 0.0947 e. The van der Waals surface area contributed by atoms with Gasteiger partial charge in [0.15, 0.2) is 0 Å². The zero-order valence-electron chi connectivity index (χ0n) is 7.38. The quantitative estimate of drug-likeness (QED) is 0.749. The minimum absolute atomic E-state index is 0.992. The molecular formula is C10H10BrNS. The number of fused-ring (bicyclic) bond motifs is 1. The van der Waals surface area contributed by atoms with Gasteiger partial charge in [-0.2, -0.15) is 0 Å². The molecule has 0 spiro atoms. The van der Waals surface area contributed by atoms with Crippen molar-refractivity contribution in [2.45, 2.75) is 13.3 Å². The summed E-state index contributed by atoms with van der Waals surface area (Å²) in [7, 11) is 0. The molecule has 0 saturated carbocycles. The molecule has 13 heavy (non-hydrogen) atoms. The molecule has 0 aliphatic rings. The fraction of sp³-hybridized carbons (Fsp3) is 0.300. The Balaban J connectivity index is 2.55. The van der Waals surface area contributed by atoms with Crippen LogP contribution in [-0.2, 0) is 6.42 Å². The lowest BCUT2D eigenvalue weighted by Gasteiger charge is -1.90. The van der Waals surface area contributed by atoms with Crippen LogP contribution >= 0.6 is 27.3 Å². The molecule has 1 nitrogen and oxygen atoms in total. The number of hydrogen-bond donors (Lipinski definition) is 0.